The number of ether oxygens (including phenoxy) is 1. The van der Waals surface area contributed by atoms with Gasteiger partial charge in [0.25, 0.3) is 0 Å². The zero-order chi connectivity index (χ0) is 13.1. The third-order valence-corrected chi connectivity index (χ3v) is 4.20. The lowest BCUT2D eigenvalue weighted by molar-refractivity contribution is 0.122. The van der Waals surface area contributed by atoms with Crippen LogP contribution in [0.1, 0.15) is 24.8 Å². The summed E-state index contributed by atoms with van der Waals surface area (Å²) in [5.74, 6) is 0. The summed E-state index contributed by atoms with van der Waals surface area (Å²) in [6.45, 7) is 3.33. The van der Waals surface area contributed by atoms with E-state index in [1.165, 1.54) is 11.3 Å². The van der Waals surface area contributed by atoms with Crippen LogP contribution in [0.15, 0.2) is 29.3 Å². The first-order valence-electron chi connectivity index (χ1n) is 6.87. The van der Waals surface area contributed by atoms with Crippen LogP contribution in [0.3, 0.4) is 0 Å². The predicted octanol–water partition coefficient (Wildman–Crippen LogP) is 2.24. The summed E-state index contributed by atoms with van der Waals surface area (Å²) >= 11 is 0. The van der Waals surface area contributed by atoms with Crippen LogP contribution >= 0.6 is 0 Å². The molecule has 19 heavy (non-hydrogen) atoms. The Morgan fingerprint density at radius 2 is 1.95 bits per heavy atom. The normalized spacial score (nSPS) is 21.4. The molecule has 4 nitrogen and oxygen atoms in total. The van der Waals surface area contributed by atoms with Crippen molar-refractivity contribution in [2.75, 3.05) is 31.2 Å². The minimum Gasteiger partial charge on any atom is -0.378 e. The van der Waals surface area contributed by atoms with Crippen molar-refractivity contribution in [3.63, 3.8) is 0 Å². The van der Waals surface area contributed by atoms with E-state index in [0.29, 0.717) is 0 Å². The molecular weight excluding hydrogens is 240 g/mol. The molecule has 2 fully saturated rings. The van der Waals surface area contributed by atoms with Crippen molar-refractivity contribution >= 4 is 11.8 Å². The fraction of sp³-hybridized carbons (Fsp3) is 0.533. The van der Waals surface area contributed by atoms with Gasteiger partial charge in [0.15, 0.2) is 0 Å². The SMILES string of the molecule is O=C=NC1(c2ccccc2N2CCOCC2)CCC1. The molecule has 0 radical (unpaired) electrons. The lowest BCUT2D eigenvalue weighted by atomic mass is 9.71. The van der Waals surface area contributed by atoms with E-state index in [4.69, 9.17) is 4.74 Å². The van der Waals surface area contributed by atoms with E-state index in [9.17, 15) is 4.79 Å². The second-order valence-electron chi connectivity index (χ2n) is 5.20. The van der Waals surface area contributed by atoms with Gasteiger partial charge in [-0.2, -0.15) is 4.99 Å². The molecule has 0 bridgehead atoms. The van der Waals surface area contributed by atoms with Gasteiger partial charge in [0, 0.05) is 24.3 Å². The Balaban J connectivity index is 1.98. The third kappa shape index (κ3) is 2.18. The van der Waals surface area contributed by atoms with Crippen LogP contribution in [-0.4, -0.2) is 32.4 Å². The average molecular weight is 258 g/mol. The highest BCUT2D eigenvalue weighted by atomic mass is 16.5. The largest absolute Gasteiger partial charge is 0.378 e. The molecule has 0 aromatic heterocycles. The number of para-hydroxylation sites is 1. The smallest absolute Gasteiger partial charge is 0.235 e. The van der Waals surface area contributed by atoms with Gasteiger partial charge in [-0.15, -0.1) is 0 Å². The highest BCUT2D eigenvalue weighted by molar-refractivity contribution is 5.58. The minimum atomic E-state index is -0.323. The summed E-state index contributed by atoms with van der Waals surface area (Å²) in [5, 5.41) is 0. The first-order chi connectivity index (χ1) is 9.36. The monoisotopic (exact) mass is 258 g/mol. The van der Waals surface area contributed by atoms with E-state index in [2.05, 4.69) is 22.0 Å². The van der Waals surface area contributed by atoms with Crippen LogP contribution in [0.4, 0.5) is 5.69 Å². The quantitative estimate of drug-likeness (QED) is 0.617. The number of nitrogens with zero attached hydrogens (tertiary/aromatic N) is 2. The van der Waals surface area contributed by atoms with Crippen molar-refractivity contribution in [1.29, 1.82) is 0 Å². The van der Waals surface area contributed by atoms with Crippen LogP contribution in [0.5, 0.6) is 0 Å². The third-order valence-electron chi connectivity index (χ3n) is 4.20. The molecule has 1 aromatic rings. The summed E-state index contributed by atoms with van der Waals surface area (Å²) in [6, 6.07) is 8.30. The van der Waals surface area contributed by atoms with E-state index in [-0.39, 0.29) is 5.54 Å². The highest BCUT2D eigenvalue weighted by Gasteiger charge is 2.41. The minimum absolute atomic E-state index is 0.323. The van der Waals surface area contributed by atoms with Crippen molar-refractivity contribution in [2.45, 2.75) is 24.8 Å². The van der Waals surface area contributed by atoms with Crippen LogP contribution in [0.2, 0.25) is 0 Å². The number of anilines is 1. The number of carbonyl (C=O) groups excluding carboxylic acids is 1. The molecule has 3 rings (SSSR count). The van der Waals surface area contributed by atoms with Gasteiger partial charge in [-0.05, 0) is 25.3 Å². The standard InChI is InChI=1S/C15H18N2O2/c18-12-16-15(6-3-7-15)13-4-1-2-5-14(13)17-8-10-19-11-9-17/h1-2,4-5H,3,6-11H2. The molecule has 0 N–H and O–H groups in total. The molecule has 2 aliphatic rings. The maximum absolute atomic E-state index is 10.7. The van der Waals surface area contributed by atoms with Crippen molar-refractivity contribution in [2.24, 2.45) is 4.99 Å². The van der Waals surface area contributed by atoms with Crippen LogP contribution in [-0.2, 0) is 15.1 Å². The predicted molar refractivity (Wildman–Crippen MR) is 73.1 cm³/mol. The van der Waals surface area contributed by atoms with Gasteiger partial charge in [0.2, 0.25) is 6.08 Å². The summed E-state index contributed by atoms with van der Waals surface area (Å²) in [7, 11) is 0. The number of benzene rings is 1. The van der Waals surface area contributed by atoms with Gasteiger partial charge >= 0.3 is 0 Å². The van der Waals surface area contributed by atoms with Gasteiger partial charge in [0.1, 0.15) is 5.54 Å². The maximum atomic E-state index is 10.7. The lowest BCUT2D eigenvalue weighted by Crippen LogP contribution is -2.40. The second-order valence-corrected chi connectivity index (χ2v) is 5.20. The number of hydrogen-bond donors (Lipinski definition) is 0. The van der Waals surface area contributed by atoms with Gasteiger partial charge in [0.05, 0.1) is 13.2 Å². The topological polar surface area (TPSA) is 41.9 Å². The lowest BCUT2D eigenvalue weighted by Gasteiger charge is -2.41. The molecule has 1 saturated heterocycles. The van der Waals surface area contributed by atoms with Crippen LogP contribution in [0.25, 0.3) is 0 Å². The van der Waals surface area contributed by atoms with Gasteiger partial charge < -0.3 is 9.64 Å². The zero-order valence-corrected chi connectivity index (χ0v) is 11.0. The summed E-state index contributed by atoms with van der Waals surface area (Å²) < 4.78 is 5.41. The molecule has 0 atom stereocenters. The van der Waals surface area contributed by atoms with Crippen LogP contribution < -0.4 is 4.90 Å². The van der Waals surface area contributed by atoms with Crippen molar-refractivity contribution in [3.8, 4) is 0 Å². The average Bonchev–Trinajstić information content (AvgIpc) is 2.44. The molecule has 4 heteroatoms. The van der Waals surface area contributed by atoms with Crippen molar-refractivity contribution < 1.29 is 9.53 Å². The fourth-order valence-electron chi connectivity index (χ4n) is 2.99. The van der Waals surface area contributed by atoms with E-state index in [1.807, 2.05) is 12.1 Å². The molecule has 1 aromatic carbocycles. The summed E-state index contributed by atoms with van der Waals surface area (Å²) in [5.41, 5.74) is 2.05. The Hall–Kier alpha value is -1.64. The number of hydrogen-bond acceptors (Lipinski definition) is 4. The molecular formula is C15H18N2O2. The Kier molecular flexibility index (Phi) is 3.36. The van der Waals surface area contributed by atoms with E-state index >= 15 is 0 Å². The van der Waals surface area contributed by atoms with Crippen molar-refractivity contribution in [3.05, 3.63) is 29.8 Å². The summed E-state index contributed by atoms with van der Waals surface area (Å²) in [4.78, 5) is 17.2. The zero-order valence-electron chi connectivity index (χ0n) is 11.0. The Labute approximate surface area is 113 Å². The molecule has 0 unspecified atom stereocenters. The number of isocyanates is 1. The fourth-order valence-corrected chi connectivity index (χ4v) is 2.99. The Bertz CT molecular complexity index is 499. The molecule has 1 saturated carbocycles. The maximum Gasteiger partial charge on any atom is 0.235 e. The Morgan fingerprint density at radius 1 is 1.21 bits per heavy atom. The number of rotatable bonds is 3. The van der Waals surface area contributed by atoms with Gasteiger partial charge in [-0.25, -0.2) is 4.79 Å². The van der Waals surface area contributed by atoms with Gasteiger partial charge in [-0.3, -0.25) is 0 Å². The first kappa shape index (κ1) is 12.4. The molecule has 1 aliphatic carbocycles. The van der Waals surface area contributed by atoms with Gasteiger partial charge in [-0.1, -0.05) is 18.2 Å². The van der Waals surface area contributed by atoms with Crippen LogP contribution in [0, 0.1) is 0 Å². The number of morpholine rings is 1. The van der Waals surface area contributed by atoms with E-state index < -0.39 is 0 Å². The molecule has 0 spiro atoms. The molecule has 0 amide bonds. The van der Waals surface area contributed by atoms with E-state index in [0.717, 1.165) is 45.6 Å². The highest BCUT2D eigenvalue weighted by Crippen LogP contribution is 2.48. The molecule has 1 aliphatic heterocycles. The Morgan fingerprint density at radius 3 is 2.58 bits per heavy atom. The summed E-state index contributed by atoms with van der Waals surface area (Å²) in [6.07, 6.45) is 4.79. The second kappa shape index (κ2) is 5.16. The van der Waals surface area contributed by atoms with Crippen molar-refractivity contribution in [1.82, 2.24) is 0 Å². The molecule has 100 valence electrons. The van der Waals surface area contributed by atoms with E-state index in [1.54, 1.807) is 6.08 Å². The molecule has 1 heterocycles. The first-order valence-corrected chi connectivity index (χ1v) is 6.87. The number of aliphatic imine (C=N–C) groups is 1.